The molecule has 1 heterocycles. The van der Waals surface area contributed by atoms with Crippen LogP contribution in [0.1, 0.15) is 44.1 Å². The molecule has 0 radical (unpaired) electrons. The Morgan fingerprint density at radius 2 is 2.04 bits per heavy atom. The predicted octanol–water partition coefficient (Wildman–Crippen LogP) is 2.11. The summed E-state index contributed by atoms with van der Waals surface area (Å²) in [5.74, 6) is -1.20. The van der Waals surface area contributed by atoms with Crippen LogP contribution in [0, 0.1) is 0 Å². The number of carboxylic acid groups (broad SMARTS) is 1. The van der Waals surface area contributed by atoms with E-state index in [2.05, 4.69) is 0 Å². The van der Waals surface area contributed by atoms with Crippen molar-refractivity contribution in [2.75, 3.05) is 7.11 Å². The first-order chi connectivity index (χ1) is 11.5. The monoisotopic (exact) mass is 331 g/mol. The number of carbonyl (C=O) groups excluding carboxylic acids is 2. The van der Waals surface area contributed by atoms with E-state index in [1.54, 1.807) is 24.3 Å². The lowest BCUT2D eigenvalue weighted by Gasteiger charge is -2.28. The minimum Gasteiger partial charge on any atom is -0.497 e. The van der Waals surface area contributed by atoms with Gasteiger partial charge in [-0.3, -0.25) is 19.3 Å². The SMILES string of the molecule is COc1cccc([C@]2(CC(=O)O)CC(=O)N(C3CCCC3)C2=O)c1. The number of nitrogens with zero attached hydrogens (tertiary/aromatic N) is 1. The molecular formula is C18H21NO5. The molecule has 1 aromatic carbocycles. The van der Waals surface area contributed by atoms with Crippen molar-refractivity contribution < 1.29 is 24.2 Å². The van der Waals surface area contributed by atoms with Crippen LogP contribution in [0.25, 0.3) is 0 Å². The summed E-state index contributed by atoms with van der Waals surface area (Å²) in [6.45, 7) is 0. The molecule has 1 N–H and O–H groups in total. The highest BCUT2D eigenvalue weighted by molar-refractivity contribution is 6.10. The van der Waals surface area contributed by atoms with Gasteiger partial charge in [-0.2, -0.15) is 0 Å². The van der Waals surface area contributed by atoms with E-state index in [0.29, 0.717) is 11.3 Å². The van der Waals surface area contributed by atoms with Crippen LogP contribution in [0.3, 0.4) is 0 Å². The second-order valence-corrected chi connectivity index (χ2v) is 6.57. The maximum Gasteiger partial charge on any atom is 0.304 e. The van der Waals surface area contributed by atoms with Crippen molar-refractivity contribution in [1.82, 2.24) is 4.90 Å². The average Bonchev–Trinajstić information content (AvgIpc) is 3.15. The number of likely N-dealkylation sites (tertiary alicyclic amines) is 1. The van der Waals surface area contributed by atoms with E-state index in [0.717, 1.165) is 25.7 Å². The van der Waals surface area contributed by atoms with Gasteiger partial charge in [-0.15, -0.1) is 0 Å². The molecule has 0 unspecified atom stereocenters. The maximum absolute atomic E-state index is 13.2. The first-order valence-electron chi connectivity index (χ1n) is 8.21. The Morgan fingerprint density at radius 3 is 2.67 bits per heavy atom. The van der Waals surface area contributed by atoms with Crippen molar-refractivity contribution in [3.8, 4) is 5.75 Å². The van der Waals surface area contributed by atoms with Crippen molar-refractivity contribution in [1.29, 1.82) is 0 Å². The Balaban J connectivity index is 2.04. The van der Waals surface area contributed by atoms with Gasteiger partial charge in [-0.25, -0.2) is 0 Å². The van der Waals surface area contributed by atoms with Crippen LogP contribution in [0.2, 0.25) is 0 Å². The van der Waals surface area contributed by atoms with Crippen molar-refractivity contribution in [2.45, 2.75) is 50.0 Å². The molecule has 2 amide bonds. The number of amides is 2. The Kier molecular flexibility index (Phi) is 4.30. The molecule has 128 valence electrons. The molecule has 2 fully saturated rings. The summed E-state index contributed by atoms with van der Waals surface area (Å²) in [7, 11) is 1.51. The van der Waals surface area contributed by atoms with Crippen LogP contribution in [-0.4, -0.2) is 40.9 Å². The van der Waals surface area contributed by atoms with E-state index < -0.39 is 17.8 Å². The van der Waals surface area contributed by atoms with E-state index in [1.165, 1.54) is 12.0 Å². The summed E-state index contributed by atoms with van der Waals surface area (Å²) < 4.78 is 5.20. The van der Waals surface area contributed by atoms with E-state index in [1.807, 2.05) is 0 Å². The standard InChI is InChI=1S/C18H21NO5/c1-24-14-8-4-5-12(9-14)18(11-16(21)22)10-15(20)19(17(18)23)13-6-2-3-7-13/h4-5,8-9,13H,2-3,6-7,10-11H2,1H3,(H,21,22)/t18-/m1/s1. The fourth-order valence-corrected chi connectivity index (χ4v) is 3.94. The quantitative estimate of drug-likeness (QED) is 0.836. The van der Waals surface area contributed by atoms with Crippen LogP contribution in [-0.2, 0) is 19.8 Å². The number of aliphatic carboxylic acids is 1. The maximum atomic E-state index is 13.2. The van der Waals surface area contributed by atoms with E-state index in [9.17, 15) is 19.5 Å². The molecule has 24 heavy (non-hydrogen) atoms. The highest BCUT2D eigenvalue weighted by Crippen LogP contribution is 2.43. The number of ether oxygens (including phenoxy) is 1. The van der Waals surface area contributed by atoms with Gasteiger partial charge in [-0.05, 0) is 30.5 Å². The first-order valence-corrected chi connectivity index (χ1v) is 8.21. The number of hydrogen-bond donors (Lipinski definition) is 1. The average molecular weight is 331 g/mol. The highest BCUT2D eigenvalue weighted by atomic mass is 16.5. The summed E-state index contributed by atoms with van der Waals surface area (Å²) >= 11 is 0. The Labute approximate surface area is 140 Å². The largest absolute Gasteiger partial charge is 0.497 e. The normalized spacial score (nSPS) is 24.6. The minimum absolute atomic E-state index is 0.0914. The van der Waals surface area contributed by atoms with Crippen LogP contribution in [0.15, 0.2) is 24.3 Å². The molecule has 2 aliphatic rings. The number of carbonyl (C=O) groups is 3. The summed E-state index contributed by atoms with van der Waals surface area (Å²) in [5, 5.41) is 9.37. The molecule has 0 aromatic heterocycles. The van der Waals surface area contributed by atoms with Crippen molar-refractivity contribution in [3.05, 3.63) is 29.8 Å². The summed E-state index contributed by atoms with van der Waals surface area (Å²) in [4.78, 5) is 38.5. The lowest BCUT2D eigenvalue weighted by Crippen LogP contribution is -2.44. The van der Waals surface area contributed by atoms with E-state index >= 15 is 0 Å². The minimum atomic E-state index is -1.33. The fraction of sp³-hybridized carbons (Fsp3) is 0.500. The third kappa shape index (κ3) is 2.66. The molecule has 0 bridgehead atoms. The number of hydrogen-bond acceptors (Lipinski definition) is 4. The third-order valence-electron chi connectivity index (χ3n) is 5.12. The topological polar surface area (TPSA) is 83.9 Å². The number of methoxy groups -OCH3 is 1. The summed E-state index contributed by atoms with van der Waals surface area (Å²) in [6, 6.07) is 6.72. The smallest absolute Gasteiger partial charge is 0.304 e. The molecular weight excluding hydrogens is 310 g/mol. The molecule has 1 saturated heterocycles. The van der Waals surface area contributed by atoms with Gasteiger partial charge in [0.2, 0.25) is 11.8 Å². The van der Waals surface area contributed by atoms with Crippen molar-refractivity contribution in [2.24, 2.45) is 0 Å². The number of benzene rings is 1. The van der Waals surface area contributed by atoms with Gasteiger partial charge in [0.1, 0.15) is 5.75 Å². The van der Waals surface area contributed by atoms with Crippen LogP contribution in [0.4, 0.5) is 0 Å². The van der Waals surface area contributed by atoms with Crippen LogP contribution >= 0.6 is 0 Å². The van der Waals surface area contributed by atoms with Gasteiger partial charge >= 0.3 is 5.97 Å². The zero-order chi connectivity index (χ0) is 17.3. The zero-order valence-electron chi connectivity index (χ0n) is 13.7. The van der Waals surface area contributed by atoms with Gasteiger partial charge in [0.25, 0.3) is 0 Å². The first kappa shape index (κ1) is 16.5. The molecule has 3 rings (SSSR count). The van der Waals surface area contributed by atoms with Gasteiger partial charge in [-0.1, -0.05) is 25.0 Å². The molecule has 6 nitrogen and oxygen atoms in total. The number of imide groups is 1. The van der Waals surface area contributed by atoms with Gasteiger partial charge in [0.15, 0.2) is 0 Å². The molecule has 1 saturated carbocycles. The van der Waals surface area contributed by atoms with Gasteiger partial charge in [0, 0.05) is 12.5 Å². The number of rotatable bonds is 5. The van der Waals surface area contributed by atoms with Crippen molar-refractivity contribution in [3.63, 3.8) is 0 Å². The molecule has 1 aliphatic heterocycles. The second-order valence-electron chi connectivity index (χ2n) is 6.57. The van der Waals surface area contributed by atoms with E-state index in [4.69, 9.17) is 4.74 Å². The second kappa shape index (κ2) is 6.26. The fourth-order valence-electron chi connectivity index (χ4n) is 3.94. The van der Waals surface area contributed by atoms with Crippen molar-refractivity contribution >= 4 is 17.8 Å². The van der Waals surface area contributed by atoms with Crippen LogP contribution < -0.4 is 4.74 Å². The lowest BCUT2D eigenvalue weighted by molar-refractivity contribution is -0.146. The Bertz CT molecular complexity index is 680. The summed E-state index contributed by atoms with van der Waals surface area (Å²) in [6.07, 6.45) is 3.10. The molecule has 1 atom stereocenters. The molecule has 1 aliphatic carbocycles. The Hall–Kier alpha value is -2.37. The number of carboxylic acids is 1. The van der Waals surface area contributed by atoms with E-state index in [-0.39, 0.29) is 24.3 Å². The summed E-state index contributed by atoms with van der Waals surface area (Å²) in [5.41, 5.74) is -0.803. The molecule has 6 heteroatoms. The predicted molar refractivity (Wildman–Crippen MR) is 85.7 cm³/mol. The highest BCUT2D eigenvalue weighted by Gasteiger charge is 2.55. The van der Waals surface area contributed by atoms with Gasteiger partial charge < -0.3 is 9.84 Å². The third-order valence-corrected chi connectivity index (χ3v) is 5.12. The zero-order valence-corrected chi connectivity index (χ0v) is 13.7. The molecule has 1 aromatic rings. The van der Waals surface area contributed by atoms with Gasteiger partial charge in [0.05, 0.1) is 18.9 Å². The Morgan fingerprint density at radius 1 is 1.33 bits per heavy atom. The molecule has 0 spiro atoms. The lowest BCUT2D eigenvalue weighted by atomic mass is 9.76. The van der Waals surface area contributed by atoms with Crippen LogP contribution in [0.5, 0.6) is 5.75 Å².